The molecule has 0 bridgehead atoms. The van der Waals surface area contributed by atoms with E-state index in [2.05, 4.69) is 9.88 Å². The topological polar surface area (TPSA) is 77.7 Å². The maximum Gasteiger partial charge on any atom is 0.255 e. The van der Waals surface area contributed by atoms with Crippen LogP contribution >= 0.6 is 11.3 Å². The number of rotatable bonds is 6. The Labute approximate surface area is 138 Å². The summed E-state index contributed by atoms with van der Waals surface area (Å²) in [5.41, 5.74) is 6.23. The Kier molecular flexibility index (Phi) is 5.22. The van der Waals surface area contributed by atoms with E-state index in [1.807, 2.05) is 35.8 Å². The molecule has 1 amide bonds. The van der Waals surface area contributed by atoms with E-state index < -0.39 is 5.91 Å². The second-order valence-electron chi connectivity index (χ2n) is 5.37. The predicted molar refractivity (Wildman–Crippen MR) is 87.2 cm³/mol. The lowest BCUT2D eigenvalue weighted by Crippen LogP contribution is -2.37. The van der Waals surface area contributed by atoms with Crippen molar-refractivity contribution in [3.05, 3.63) is 46.4 Å². The van der Waals surface area contributed by atoms with Crippen molar-refractivity contribution in [1.29, 1.82) is 0 Å². The lowest BCUT2D eigenvalue weighted by atomic mass is 10.2. The third-order valence-corrected chi connectivity index (χ3v) is 4.43. The van der Waals surface area contributed by atoms with E-state index >= 15 is 0 Å². The maximum absolute atomic E-state index is 10.8. The van der Waals surface area contributed by atoms with Crippen LogP contribution in [-0.2, 0) is 16.1 Å². The zero-order valence-electron chi connectivity index (χ0n) is 12.7. The van der Waals surface area contributed by atoms with Crippen LogP contribution in [0.25, 0.3) is 0 Å². The third kappa shape index (κ3) is 4.51. The van der Waals surface area contributed by atoms with Gasteiger partial charge in [-0.2, -0.15) is 0 Å². The molecule has 1 aliphatic rings. The van der Waals surface area contributed by atoms with E-state index in [0.29, 0.717) is 12.4 Å². The van der Waals surface area contributed by atoms with Crippen molar-refractivity contribution in [2.75, 3.05) is 26.3 Å². The number of nitrogens with two attached hydrogens (primary N) is 1. The first-order valence-corrected chi connectivity index (χ1v) is 8.32. The molecule has 0 saturated carbocycles. The van der Waals surface area contributed by atoms with Crippen LogP contribution in [-0.4, -0.2) is 42.1 Å². The van der Waals surface area contributed by atoms with Gasteiger partial charge in [-0.1, -0.05) is 12.1 Å². The number of carbonyl (C=O) groups is 1. The van der Waals surface area contributed by atoms with E-state index in [4.69, 9.17) is 15.2 Å². The van der Waals surface area contributed by atoms with Crippen LogP contribution in [0.3, 0.4) is 0 Å². The molecule has 122 valence electrons. The average molecular weight is 333 g/mol. The van der Waals surface area contributed by atoms with Gasteiger partial charge >= 0.3 is 0 Å². The van der Waals surface area contributed by atoms with Crippen molar-refractivity contribution in [3.63, 3.8) is 0 Å². The van der Waals surface area contributed by atoms with Crippen LogP contribution in [0.5, 0.6) is 5.75 Å². The maximum atomic E-state index is 10.8. The fraction of sp³-hybridized carbons (Fsp3) is 0.375. The molecule has 2 N–H and O–H groups in total. The van der Waals surface area contributed by atoms with Crippen molar-refractivity contribution >= 4 is 17.2 Å². The number of thiazole rings is 1. The molecule has 1 aliphatic heterocycles. The summed E-state index contributed by atoms with van der Waals surface area (Å²) >= 11 is 1.62. The molecule has 1 fully saturated rings. The SMILES string of the molecule is NC(=O)COc1cccc(CN2CCOC(c3nccs3)C2)c1. The lowest BCUT2D eigenvalue weighted by molar-refractivity contribution is -0.119. The van der Waals surface area contributed by atoms with Gasteiger partial charge in [0.15, 0.2) is 6.61 Å². The minimum atomic E-state index is -0.477. The lowest BCUT2D eigenvalue weighted by Gasteiger charge is -2.32. The highest BCUT2D eigenvalue weighted by Crippen LogP contribution is 2.25. The average Bonchev–Trinajstić information content (AvgIpc) is 3.08. The Morgan fingerprint density at radius 1 is 1.52 bits per heavy atom. The fourth-order valence-corrected chi connectivity index (χ4v) is 3.21. The number of ether oxygens (including phenoxy) is 2. The number of hydrogen-bond donors (Lipinski definition) is 1. The summed E-state index contributed by atoms with van der Waals surface area (Å²) in [6, 6.07) is 7.73. The van der Waals surface area contributed by atoms with Gasteiger partial charge in [-0.05, 0) is 17.7 Å². The number of nitrogens with zero attached hydrogens (tertiary/aromatic N) is 2. The van der Waals surface area contributed by atoms with Crippen molar-refractivity contribution < 1.29 is 14.3 Å². The highest BCUT2D eigenvalue weighted by molar-refractivity contribution is 7.09. The Hall–Kier alpha value is -1.96. The first-order valence-electron chi connectivity index (χ1n) is 7.44. The summed E-state index contributed by atoms with van der Waals surface area (Å²) in [6.07, 6.45) is 1.85. The molecule has 6 nitrogen and oxygen atoms in total. The highest BCUT2D eigenvalue weighted by Gasteiger charge is 2.23. The number of morpholine rings is 1. The number of benzene rings is 1. The van der Waals surface area contributed by atoms with Gasteiger partial charge in [0, 0.05) is 31.2 Å². The van der Waals surface area contributed by atoms with Crippen LogP contribution in [0.1, 0.15) is 16.7 Å². The minimum Gasteiger partial charge on any atom is -0.484 e. The number of primary amides is 1. The first-order chi connectivity index (χ1) is 11.2. The van der Waals surface area contributed by atoms with Gasteiger partial charge in [0.2, 0.25) is 0 Å². The van der Waals surface area contributed by atoms with Gasteiger partial charge in [0.25, 0.3) is 5.91 Å². The number of hydrogen-bond acceptors (Lipinski definition) is 6. The fourth-order valence-electron chi connectivity index (χ4n) is 2.54. The minimum absolute atomic E-state index is 0.0399. The molecule has 1 unspecified atom stereocenters. The molecule has 1 aromatic carbocycles. The van der Waals surface area contributed by atoms with Crippen molar-refractivity contribution in [1.82, 2.24) is 9.88 Å². The highest BCUT2D eigenvalue weighted by atomic mass is 32.1. The largest absolute Gasteiger partial charge is 0.484 e. The molecule has 2 aromatic rings. The first kappa shape index (κ1) is 15.9. The summed E-state index contributed by atoms with van der Waals surface area (Å²) in [6.45, 7) is 3.10. The summed E-state index contributed by atoms with van der Waals surface area (Å²) in [5, 5.41) is 2.99. The Morgan fingerprint density at radius 3 is 3.22 bits per heavy atom. The Balaban J connectivity index is 1.60. The summed E-state index contributed by atoms with van der Waals surface area (Å²) in [7, 11) is 0. The van der Waals surface area contributed by atoms with Gasteiger partial charge in [0.1, 0.15) is 16.9 Å². The van der Waals surface area contributed by atoms with Crippen molar-refractivity contribution in [2.24, 2.45) is 5.73 Å². The van der Waals surface area contributed by atoms with E-state index in [0.717, 1.165) is 30.2 Å². The standard InChI is InChI=1S/C16H19N3O3S/c17-15(20)11-22-13-3-1-2-12(8-13)9-19-5-6-21-14(10-19)16-18-4-7-23-16/h1-4,7-8,14H,5-6,9-11H2,(H2,17,20). The molecular weight excluding hydrogens is 314 g/mol. The van der Waals surface area contributed by atoms with E-state index in [1.165, 1.54) is 0 Å². The van der Waals surface area contributed by atoms with E-state index in [-0.39, 0.29) is 12.7 Å². The monoisotopic (exact) mass is 333 g/mol. The van der Waals surface area contributed by atoms with Crippen LogP contribution in [0.2, 0.25) is 0 Å². The summed E-state index contributed by atoms with van der Waals surface area (Å²) in [5.74, 6) is 0.181. The third-order valence-electron chi connectivity index (χ3n) is 3.56. The molecule has 0 radical (unpaired) electrons. The molecule has 7 heteroatoms. The second kappa shape index (κ2) is 7.54. The zero-order valence-corrected chi connectivity index (χ0v) is 13.5. The molecule has 0 spiro atoms. The second-order valence-corrected chi connectivity index (χ2v) is 6.29. The van der Waals surface area contributed by atoms with Crippen LogP contribution in [0, 0.1) is 0 Å². The van der Waals surface area contributed by atoms with E-state index in [1.54, 1.807) is 11.3 Å². The van der Waals surface area contributed by atoms with Crippen molar-refractivity contribution in [2.45, 2.75) is 12.6 Å². The van der Waals surface area contributed by atoms with Gasteiger partial charge in [-0.25, -0.2) is 4.98 Å². The normalized spacial score (nSPS) is 18.7. The van der Waals surface area contributed by atoms with Gasteiger partial charge in [-0.15, -0.1) is 11.3 Å². The molecule has 2 heterocycles. The smallest absolute Gasteiger partial charge is 0.255 e. The molecule has 1 atom stereocenters. The number of aromatic nitrogens is 1. The molecule has 3 rings (SSSR count). The van der Waals surface area contributed by atoms with Crippen molar-refractivity contribution in [3.8, 4) is 5.75 Å². The molecular formula is C16H19N3O3S. The van der Waals surface area contributed by atoms with Gasteiger partial charge < -0.3 is 15.2 Å². The Morgan fingerprint density at radius 2 is 2.43 bits per heavy atom. The molecule has 1 saturated heterocycles. The predicted octanol–water partition coefficient (Wildman–Crippen LogP) is 1.58. The van der Waals surface area contributed by atoms with Crippen LogP contribution in [0.15, 0.2) is 35.8 Å². The van der Waals surface area contributed by atoms with E-state index in [9.17, 15) is 4.79 Å². The van der Waals surface area contributed by atoms with Gasteiger partial charge in [-0.3, -0.25) is 9.69 Å². The number of carbonyl (C=O) groups excluding carboxylic acids is 1. The summed E-state index contributed by atoms with van der Waals surface area (Å²) < 4.78 is 11.2. The van der Waals surface area contributed by atoms with Crippen LogP contribution in [0.4, 0.5) is 0 Å². The molecule has 1 aromatic heterocycles. The van der Waals surface area contributed by atoms with Crippen LogP contribution < -0.4 is 10.5 Å². The molecule has 0 aliphatic carbocycles. The number of amides is 1. The Bertz CT molecular complexity index is 648. The summed E-state index contributed by atoms with van der Waals surface area (Å²) in [4.78, 5) is 17.5. The van der Waals surface area contributed by atoms with Gasteiger partial charge in [0.05, 0.1) is 6.61 Å². The zero-order chi connectivity index (χ0) is 16.1. The molecule has 23 heavy (non-hydrogen) atoms. The quantitative estimate of drug-likeness (QED) is 0.868.